The zero-order valence-electron chi connectivity index (χ0n) is 13.1. The van der Waals surface area contributed by atoms with Crippen LogP contribution in [0.3, 0.4) is 0 Å². The predicted molar refractivity (Wildman–Crippen MR) is 89.6 cm³/mol. The van der Waals surface area contributed by atoms with Crippen LogP contribution in [0.2, 0.25) is 0 Å². The predicted octanol–water partition coefficient (Wildman–Crippen LogP) is 2.92. The van der Waals surface area contributed by atoms with Crippen LogP contribution in [0.1, 0.15) is 26.7 Å². The van der Waals surface area contributed by atoms with Gasteiger partial charge in [0.25, 0.3) is 0 Å². The van der Waals surface area contributed by atoms with Gasteiger partial charge in [-0.2, -0.15) is 0 Å². The van der Waals surface area contributed by atoms with Crippen molar-refractivity contribution < 1.29 is 9.59 Å². The number of amides is 2. The third-order valence-corrected chi connectivity index (χ3v) is 2.86. The van der Waals surface area contributed by atoms with E-state index >= 15 is 0 Å². The molecule has 0 spiro atoms. The molecular formula is C16H19N5O2. The van der Waals surface area contributed by atoms with E-state index in [-0.39, 0.29) is 11.8 Å². The molecule has 0 aliphatic heterocycles. The van der Waals surface area contributed by atoms with Crippen LogP contribution >= 0.6 is 0 Å². The summed E-state index contributed by atoms with van der Waals surface area (Å²) in [7, 11) is 0. The number of rotatable bonds is 6. The van der Waals surface area contributed by atoms with Crippen molar-refractivity contribution in [3.63, 3.8) is 0 Å². The van der Waals surface area contributed by atoms with Gasteiger partial charge in [0.2, 0.25) is 11.8 Å². The Morgan fingerprint density at radius 2 is 1.70 bits per heavy atom. The molecule has 7 nitrogen and oxygen atoms in total. The number of aromatic nitrogens is 2. The van der Waals surface area contributed by atoms with Crippen LogP contribution < -0.4 is 16.0 Å². The van der Waals surface area contributed by atoms with E-state index < -0.39 is 0 Å². The van der Waals surface area contributed by atoms with E-state index in [2.05, 4.69) is 26.1 Å². The average molecular weight is 313 g/mol. The Morgan fingerprint density at radius 1 is 1.00 bits per heavy atom. The Kier molecular flexibility index (Phi) is 5.62. The molecule has 1 aromatic heterocycles. The van der Waals surface area contributed by atoms with Crippen LogP contribution in [-0.2, 0) is 9.59 Å². The van der Waals surface area contributed by atoms with Gasteiger partial charge in [-0.3, -0.25) is 9.59 Å². The highest BCUT2D eigenvalue weighted by molar-refractivity contribution is 5.90. The van der Waals surface area contributed by atoms with Gasteiger partial charge >= 0.3 is 0 Å². The summed E-state index contributed by atoms with van der Waals surface area (Å²) in [6.45, 7) is 3.39. The van der Waals surface area contributed by atoms with Gasteiger partial charge in [-0.05, 0) is 36.8 Å². The monoisotopic (exact) mass is 313 g/mol. The molecule has 3 N–H and O–H groups in total. The number of nitrogens with zero attached hydrogens (tertiary/aromatic N) is 2. The lowest BCUT2D eigenvalue weighted by Crippen LogP contribution is -2.12. The van der Waals surface area contributed by atoms with Gasteiger partial charge in [0, 0.05) is 24.7 Å². The number of hydrogen-bond acceptors (Lipinski definition) is 5. The van der Waals surface area contributed by atoms with Crippen LogP contribution in [0, 0.1) is 0 Å². The summed E-state index contributed by atoms with van der Waals surface area (Å²) in [4.78, 5) is 22.6. The highest BCUT2D eigenvalue weighted by Crippen LogP contribution is 2.19. The normalized spacial score (nSPS) is 10.0. The summed E-state index contributed by atoms with van der Waals surface area (Å²) in [6.07, 6.45) is 1.24. The summed E-state index contributed by atoms with van der Waals surface area (Å²) in [5.74, 6) is 0.749. The molecule has 2 rings (SSSR count). The molecule has 0 bridgehead atoms. The van der Waals surface area contributed by atoms with E-state index in [0.717, 1.165) is 12.1 Å². The summed E-state index contributed by atoms with van der Waals surface area (Å²) < 4.78 is 0. The van der Waals surface area contributed by atoms with Crippen LogP contribution in [0.5, 0.6) is 0 Å². The fraction of sp³-hybridized carbons (Fsp3) is 0.250. The molecular weight excluding hydrogens is 294 g/mol. The molecule has 2 aromatic rings. The number of nitrogens with one attached hydrogen (secondary N) is 3. The van der Waals surface area contributed by atoms with E-state index in [1.54, 1.807) is 24.3 Å². The number of anilines is 4. The number of benzene rings is 1. The van der Waals surface area contributed by atoms with Crippen LogP contribution in [-0.4, -0.2) is 22.0 Å². The first-order valence-electron chi connectivity index (χ1n) is 7.35. The molecule has 0 radical (unpaired) electrons. The highest BCUT2D eigenvalue weighted by atomic mass is 16.2. The number of carbonyl (C=O) groups is 2. The van der Waals surface area contributed by atoms with Crippen molar-refractivity contribution in [1.29, 1.82) is 0 Å². The molecule has 0 saturated heterocycles. The summed E-state index contributed by atoms with van der Waals surface area (Å²) in [5, 5.41) is 16.4. The van der Waals surface area contributed by atoms with Crippen molar-refractivity contribution in [2.24, 2.45) is 0 Å². The molecule has 1 aromatic carbocycles. The molecule has 23 heavy (non-hydrogen) atoms. The van der Waals surface area contributed by atoms with Gasteiger partial charge in [0.1, 0.15) is 0 Å². The quantitative estimate of drug-likeness (QED) is 0.762. The van der Waals surface area contributed by atoms with Gasteiger partial charge < -0.3 is 16.0 Å². The Labute approximate surface area is 134 Å². The van der Waals surface area contributed by atoms with Gasteiger partial charge in [-0.15, -0.1) is 10.2 Å². The molecule has 120 valence electrons. The molecule has 7 heteroatoms. The third-order valence-electron chi connectivity index (χ3n) is 2.86. The van der Waals surface area contributed by atoms with Crippen LogP contribution in [0.4, 0.5) is 23.0 Å². The van der Waals surface area contributed by atoms with Crippen LogP contribution in [0.15, 0.2) is 36.4 Å². The van der Waals surface area contributed by atoms with Gasteiger partial charge in [0.15, 0.2) is 11.6 Å². The molecule has 0 aliphatic rings. The molecule has 0 saturated carbocycles. The minimum Gasteiger partial charge on any atom is -0.339 e. The molecule has 0 fully saturated rings. The van der Waals surface area contributed by atoms with Crippen molar-refractivity contribution in [2.45, 2.75) is 26.7 Å². The maximum Gasteiger partial charge on any atom is 0.225 e. The van der Waals surface area contributed by atoms with E-state index in [0.29, 0.717) is 23.7 Å². The van der Waals surface area contributed by atoms with Gasteiger partial charge in [-0.25, -0.2) is 0 Å². The molecule has 1 heterocycles. The maximum absolute atomic E-state index is 11.5. The lowest BCUT2D eigenvalue weighted by molar-refractivity contribution is -0.116. The fourth-order valence-electron chi connectivity index (χ4n) is 1.92. The van der Waals surface area contributed by atoms with Crippen molar-refractivity contribution >= 4 is 34.8 Å². The molecule has 0 unspecified atom stereocenters. The summed E-state index contributed by atoms with van der Waals surface area (Å²) in [6, 6.07) is 10.7. The maximum atomic E-state index is 11.5. The average Bonchev–Trinajstić information content (AvgIpc) is 2.49. The third kappa shape index (κ3) is 5.39. The summed E-state index contributed by atoms with van der Waals surface area (Å²) >= 11 is 0. The fourth-order valence-corrected chi connectivity index (χ4v) is 1.92. The van der Waals surface area contributed by atoms with E-state index in [4.69, 9.17) is 0 Å². The lowest BCUT2D eigenvalue weighted by atomic mass is 10.2. The topological polar surface area (TPSA) is 96.0 Å². The molecule has 2 amide bonds. The standard InChI is InChI=1S/C16H19N5O2/c1-3-5-16(23)19-15-9-8-14(20-21-15)18-13-7-4-6-12(10-13)17-11(2)22/h4,6-10H,3,5H2,1-2H3,(H,17,22)(H,18,20)(H,19,21,23). The number of carbonyl (C=O) groups excluding carboxylic acids is 2. The second-order valence-corrected chi connectivity index (χ2v) is 4.99. The SMILES string of the molecule is CCCC(=O)Nc1ccc(Nc2cccc(NC(C)=O)c2)nn1. The van der Waals surface area contributed by atoms with Crippen molar-refractivity contribution in [1.82, 2.24) is 10.2 Å². The highest BCUT2D eigenvalue weighted by Gasteiger charge is 2.04. The Hall–Kier alpha value is -2.96. The Bertz CT molecular complexity index is 685. The Morgan fingerprint density at radius 3 is 2.35 bits per heavy atom. The first-order chi connectivity index (χ1) is 11.1. The minimum absolute atomic E-state index is 0.0782. The van der Waals surface area contributed by atoms with Crippen molar-refractivity contribution in [2.75, 3.05) is 16.0 Å². The van der Waals surface area contributed by atoms with Gasteiger partial charge in [-0.1, -0.05) is 13.0 Å². The van der Waals surface area contributed by atoms with E-state index in [1.807, 2.05) is 19.1 Å². The van der Waals surface area contributed by atoms with Gasteiger partial charge in [0.05, 0.1) is 0 Å². The molecule has 0 atom stereocenters. The zero-order chi connectivity index (χ0) is 16.7. The second-order valence-electron chi connectivity index (χ2n) is 4.99. The minimum atomic E-state index is -0.130. The number of hydrogen-bond donors (Lipinski definition) is 3. The Balaban J connectivity index is 2.00. The van der Waals surface area contributed by atoms with Crippen LogP contribution in [0.25, 0.3) is 0 Å². The second kappa shape index (κ2) is 7.88. The lowest BCUT2D eigenvalue weighted by Gasteiger charge is -2.08. The molecule has 0 aliphatic carbocycles. The first kappa shape index (κ1) is 16.4. The first-order valence-corrected chi connectivity index (χ1v) is 7.35. The largest absolute Gasteiger partial charge is 0.339 e. The van der Waals surface area contributed by atoms with Crippen molar-refractivity contribution in [3.8, 4) is 0 Å². The van der Waals surface area contributed by atoms with Crippen molar-refractivity contribution in [3.05, 3.63) is 36.4 Å². The summed E-state index contributed by atoms with van der Waals surface area (Å²) in [5.41, 5.74) is 1.47. The van der Waals surface area contributed by atoms with E-state index in [9.17, 15) is 9.59 Å². The zero-order valence-corrected chi connectivity index (χ0v) is 13.1. The smallest absolute Gasteiger partial charge is 0.225 e. The van der Waals surface area contributed by atoms with E-state index in [1.165, 1.54) is 6.92 Å².